The molecule has 0 radical (unpaired) electrons. The Labute approximate surface area is 133 Å². The van der Waals surface area contributed by atoms with Gasteiger partial charge in [-0.1, -0.05) is 12.1 Å². The highest BCUT2D eigenvalue weighted by atomic mass is 127. The molecule has 0 fully saturated rings. The number of hydrogen-bond acceptors (Lipinski definition) is 3. The van der Waals surface area contributed by atoms with E-state index in [2.05, 4.69) is 28.3 Å². The first-order valence-corrected chi connectivity index (χ1v) is 6.92. The summed E-state index contributed by atoms with van der Waals surface area (Å²) in [5.41, 5.74) is 2.41. The number of aromatic nitrogens is 2. The van der Waals surface area contributed by atoms with Crippen LogP contribution < -0.4 is 28.5 Å². The van der Waals surface area contributed by atoms with Crippen LogP contribution in [-0.2, 0) is 23.1 Å². The van der Waals surface area contributed by atoms with E-state index in [0.29, 0.717) is 0 Å². The lowest BCUT2D eigenvalue weighted by Gasteiger charge is -2.19. The summed E-state index contributed by atoms with van der Waals surface area (Å²) in [4.78, 5) is 11.0. The second kappa shape index (κ2) is 5.70. The predicted octanol–water partition coefficient (Wildman–Crippen LogP) is -1.49. The molecule has 102 valence electrons. The molecule has 19 heavy (non-hydrogen) atoms. The molecule has 1 aliphatic rings. The molecule has 0 bridgehead atoms. The van der Waals surface area contributed by atoms with Crippen molar-refractivity contribution in [2.45, 2.75) is 24.7 Å². The number of carbonyl (C=O) groups is 1. The lowest BCUT2D eigenvalue weighted by molar-refractivity contribution is -0.685. The first-order chi connectivity index (χ1) is 8.66. The van der Waals surface area contributed by atoms with Gasteiger partial charge in [0.1, 0.15) is 12.6 Å². The number of esters is 1. The summed E-state index contributed by atoms with van der Waals surface area (Å²) in [7, 11) is 2.08. The van der Waals surface area contributed by atoms with Crippen LogP contribution in [0.3, 0.4) is 0 Å². The lowest BCUT2D eigenvalue weighted by Crippen LogP contribution is -3.00. The molecular formula is C13H15IN2O2S. The van der Waals surface area contributed by atoms with Crippen molar-refractivity contribution in [3.63, 3.8) is 0 Å². The Hall–Kier alpha value is -0.760. The molecule has 6 heteroatoms. The average molecular weight is 390 g/mol. The van der Waals surface area contributed by atoms with E-state index in [1.165, 1.54) is 23.1 Å². The fraction of sp³-hybridized carbons (Fsp3) is 0.385. The fourth-order valence-corrected chi connectivity index (χ4v) is 3.57. The number of imidazole rings is 1. The van der Waals surface area contributed by atoms with Gasteiger partial charge in [-0.3, -0.25) is 4.79 Å². The van der Waals surface area contributed by atoms with Gasteiger partial charge in [-0.05, 0) is 23.9 Å². The van der Waals surface area contributed by atoms with Gasteiger partial charge in [0, 0.05) is 12.7 Å². The van der Waals surface area contributed by atoms with Crippen molar-refractivity contribution in [2.75, 3.05) is 5.75 Å². The van der Waals surface area contributed by atoms with Crippen molar-refractivity contribution >= 4 is 28.8 Å². The van der Waals surface area contributed by atoms with Crippen molar-refractivity contribution in [2.24, 2.45) is 7.05 Å². The van der Waals surface area contributed by atoms with Gasteiger partial charge in [0.05, 0.1) is 7.05 Å². The number of carbonyl (C=O) groups excluding carboxylic acids is 1. The minimum absolute atomic E-state index is 0. The van der Waals surface area contributed by atoms with Gasteiger partial charge < -0.3 is 28.7 Å². The molecule has 2 heterocycles. The minimum Gasteiger partial charge on any atom is -1.00 e. The smallest absolute Gasteiger partial charge is 0.319 e. The molecule has 1 aromatic carbocycles. The van der Waals surface area contributed by atoms with Gasteiger partial charge in [-0.2, -0.15) is 0 Å². The number of rotatable bonds is 1. The molecule has 4 nitrogen and oxygen atoms in total. The molecule has 1 atom stereocenters. The second-order valence-corrected chi connectivity index (χ2v) is 5.47. The quantitative estimate of drug-likeness (QED) is 0.338. The van der Waals surface area contributed by atoms with Crippen LogP contribution in [0.5, 0.6) is 0 Å². The number of halogens is 1. The van der Waals surface area contributed by atoms with E-state index in [1.54, 1.807) is 11.8 Å². The zero-order valence-electron chi connectivity index (χ0n) is 10.8. The van der Waals surface area contributed by atoms with E-state index < -0.39 is 0 Å². The topological polar surface area (TPSA) is 35.1 Å². The number of benzene rings is 1. The molecule has 0 saturated carbocycles. The summed E-state index contributed by atoms with van der Waals surface area (Å²) in [5.74, 6) is 0.619. The zero-order chi connectivity index (χ0) is 12.7. The van der Waals surface area contributed by atoms with Crippen molar-refractivity contribution in [1.82, 2.24) is 4.57 Å². The second-order valence-electron chi connectivity index (χ2n) is 4.48. The highest BCUT2D eigenvalue weighted by Crippen LogP contribution is 2.28. The SMILES string of the molecule is CC(=O)OC1CSc2n(c3ccccc3[n+]2C)C1.[I-]. The average Bonchev–Trinajstić information content (AvgIpc) is 2.63. The highest BCUT2D eigenvalue weighted by Gasteiger charge is 2.32. The standard InChI is InChI=1S/C13H15N2O2S.HI/c1-9(16)17-10-7-15-12-6-4-3-5-11(12)14(2)13(15)18-8-10;/h3-6,10H,7-8H2,1-2H3;1H/q+1;/p-1. The predicted molar refractivity (Wildman–Crippen MR) is 69.4 cm³/mol. The first-order valence-electron chi connectivity index (χ1n) is 5.94. The number of ether oxygens (including phenoxy) is 1. The molecule has 0 saturated heterocycles. The Bertz CT molecular complexity index is 626. The minimum atomic E-state index is -0.204. The summed E-state index contributed by atoms with van der Waals surface area (Å²) < 4.78 is 9.75. The van der Waals surface area contributed by atoms with Crippen molar-refractivity contribution in [3.05, 3.63) is 24.3 Å². The van der Waals surface area contributed by atoms with Crippen LogP contribution in [0, 0.1) is 0 Å². The third kappa shape index (κ3) is 2.60. The maximum Gasteiger partial charge on any atom is 0.319 e. The van der Waals surface area contributed by atoms with Gasteiger partial charge in [0.25, 0.3) is 0 Å². The summed E-state index contributed by atoms with van der Waals surface area (Å²) >= 11 is 1.74. The van der Waals surface area contributed by atoms with Crippen molar-refractivity contribution in [1.29, 1.82) is 0 Å². The molecule has 1 aliphatic heterocycles. The van der Waals surface area contributed by atoms with Crippen molar-refractivity contribution < 1.29 is 38.1 Å². The Balaban J connectivity index is 0.00000133. The first kappa shape index (κ1) is 14.6. The largest absolute Gasteiger partial charge is 1.00 e. The van der Waals surface area contributed by atoms with E-state index in [1.807, 2.05) is 12.1 Å². The summed E-state index contributed by atoms with van der Waals surface area (Å²) in [5, 5.41) is 1.22. The van der Waals surface area contributed by atoms with Crippen LogP contribution in [0.4, 0.5) is 0 Å². The molecule has 0 N–H and O–H groups in total. The molecular weight excluding hydrogens is 375 g/mol. The number of para-hydroxylation sites is 2. The molecule has 3 rings (SSSR count). The van der Waals surface area contributed by atoms with Gasteiger partial charge in [-0.25, -0.2) is 9.13 Å². The van der Waals surface area contributed by atoms with E-state index in [4.69, 9.17) is 4.74 Å². The Morgan fingerprint density at radius 2 is 2.21 bits per heavy atom. The molecule has 1 aromatic heterocycles. The van der Waals surface area contributed by atoms with Gasteiger partial charge >= 0.3 is 11.1 Å². The highest BCUT2D eigenvalue weighted by molar-refractivity contribution is 7.99. The van der Waals surface area contributed by atoms with Gasteiger partial charge in [-0.15, -0.1) is 0 Å². The summed E-state index contributed by atoms with van der Waals surface area (Å²) in [6.07, 6.45) is -0.0317. The van der Waals surface area contributed by atoms with Crippen LogP contribution in [0.1, 0.15) is 6.92 Å². The number of aryl methyl sites for hydroxylation is 1. The van der Waals surface area contributed by atoms with Crippen LogP contribution in [0.25, 0.3) is 11.0 Å². The molecule has 0 aliphatic carbocycles. The van der Waals surface area contributed by atoms with E-state index in [-0.39, 0.29) is 36.0 Å². The monoisotopic (exact) mass is 390 g/mol. The van der Waals surface area contributed by atoms with Crippen LogP contribution in [-0.4, -0.2) is 22.4 Å². The third-order valence-electron chi connectivity index (χ3n) is 3.17. The normalized spacial score (nSPS) is 17.7. The maximum atomic E-state index is 11.0. The fourth-order valence-electron chi connectivity index (χ4n) is 2.44. The van der Waals surface area contributed by atoms with Crippen LogP contribution in [0.2, 0.25) is 0 Å². The Morgan fingerprint density at radius 3 is 2.95 bits per heavy atom. The van der Waals surface area contributed by atoms with Crippen LogP contribution in [0.15, 0.2) is 29.4 Å². The summed E-state index contributed by atoms with van der Waals surface area (Å²) in [6, 6.07) is 8.30. The molecule has 2 aromatic rings. The number of hydrogen-bond donors (Lipinski definition) is 0. The van der Waals surface area contributed by atoms with E-state index in [0.717, 1.165) is 12.3 Å². The number of nitrogens with zero attached hydrogens (tertiary/aromatic N) is 2. The Morgan fingerprint density at radius 1 is 1.47 bits per heavy atom. The van der Waals surface area contributed by atoms with E-state index >= 15 is 0 Å². The van der Waals surface area contributed by atoms with E-state index in [9.17, 15) is 4.79 Å². The number of fused-ring (bicyclic) bond motifs is 3. The van der Waals surface area contributed by atoms with Crippen molar-refractivity contribution in [3.8, 4) is 0 Å². The molecule has 0 spiro atoms. The lowest BCUT2D eigenvalue weighted by atomic mass is 10.3. The zero-order valence-corrected chi connectivity index (χ0v) is 13.8. The number of thioether (sulfide) groups is 1. The molecule has 1 unspecified atom stereocenters. The Kier molecular flexibility index (Phi) is 4.39. The third-order valence-corrected chi connectivity index (χ3v) is 4.46. The van der Waals surface area contributed by atoms with Gasteiger partial charge in [0.2, 0.25) is 0 Å². The molecule has 0 amide bonds. The van der Waals surface area contributed by atoms with Crippen LogP contribution >= 0.6 is 11.8 Å². The maximum absolute atomic E-state index is 11.0. The van der Waals surface area contributed by atoms with Gasteiger partial charge in [0.15, 0.2) is 11.0 Å². The summed E-state index contributed by atoms with van der Waals surface area (Å²) in [6.45, 7) is 2.21.